The van der Waals surface area contributed by atoms with Crippen LogP contribution in [0.5, 0.6) is 5.88 Å². The zero-order chi connectivity index (χ0) is 33.0. The molecule has 3 fully saturated rings. The molecule has 2 atom stereocenters. The van der Waals surface area contributed by atoms with Crippen molar-refractivity contribution in [1.82, 2.24) is 25.2 Å². The van der Waals surface area contributed by atoms with E-state index >= 15 is 4.39 Å². The Morgan fingerprint density at radius 1 is 1.15 bits per heavy atom. The molecule has 14 heteroatoms. The second-order valence-corrected chi connectivity index (χ2v) is 14.1. The number of anilines is 2. The molecule has 3 N–H and O–H groups in total. The average Bonchev–Trinajstić information content (AvgIpc) is 3.82. The minimum atomic E-state index is -0.654. The van der Waals surface area contributed by atoms with Crippen LogP contribution in [0.25, 0.3) is 32.4 Å². The summed E-state index contributed by atoms with van der Waals surface area (Å²) in [6.07, 6.45) is 6.45. The Morgan fingerprint density at radius 3 is 2.75 bits per heavy atom. The van der Waals surface area contributed by atoms with Crippen molar-refractivity contribution >= 4 is 49.2 Å². The number of carbonyl (C=O) groups excluding carboxylic acids is 1. The fourth-order valence-electron chi connectivity index (χ4n) is 7.46. The topological polar surface area (TPSA) is 128 Å². The number of amides is 1. The largest absolute Gasteiger partial charge is 0.473 e. The molecule has 1 amide bonds. The number of nitrogen functional groups attached to an aromatic ring is 1. The molecule has 4 aromatic rings. The summed E-state index contributed by atoms with van der Waals surface area (Å²) in [5.74, 6) is -1.01. The number of fused-ring (bicyclic) bond motifs is 3. The lowest BCUT2D eigenvalue weighted by Crippen LogP contribution is -2.46. The number of nitrogens with two attached hydrogens (primary N) is 1. The fourth-order valence-corrected chi connectivity index (χ4v) is 8.22. The Hall–Kier alpha value is -3.98. The summed E-state index contributed by atoms with van der Waals surface area (Å²) >= 11 is 1.01. The number of hydrogen-bond acceptors (Lipinski definition) is 11. The van der Waals surface area contributed by atoms with E-state index in [1.807, 2.05) is 0 Å². The highest BCUT2D eigenvalue weighted by Gasteiger charge is 2.53. The van der Waals surface area contributed by atoms with Crippen LogP contribution in [0.3, 0.4) is 0 Å². The normalized spacial score (nSPS) is 22.6. The molecule has 252 valence electrons. The molecule has 3 aliphatic heterocycles. The third kappa shape index (κ3) is 5.63. The molecule has 0 spiro atoms. The number of rotatable bonds is 7. The van der Waals surface area contributed by atoms with E-state index in [-0.39, 0.29) is 50.0 Å². The van der Waals surface area contributed by atoms with Crippen LogP contribution in [0.1, 0.15) is 24.8 Å². The Morgan fingerprint density at radius 2 is 1.96 bits per heavy atom. The van der Waals surface area contributed by atoms with Crippen LogP contribution < -0.4 is 20.7 Å². The molecule has 1 aliphatic carbocycles. The predicted molar refractivity (Wildman–Crippen MR) is 179 cm³/mol. The number of ether oxygens (including phenoxy) is 3. The summed E-state index contributed by atoms with van der Waals surface area (Å²) in [6.45, 7) is 9.47. The van der Waals surface area contributed by atoms with Gasteiger partial charge >= 0.3 is 0 Å². The van der Waals surface area contributed by atoms with Crippen LogP contribution in [-0.4, -0.2) is 97.1 Å². The van der Waals surface area contributed by atoms with Gasteiger partial charge in [0.25, 0.3) is 0 Å². The first-order chi connectivity index (χ1) is 23.3. The number of hydrogen-bond donors (Lipinski definition) is 2. The van der Waals surface area contributed by atoms with Crippen molar-refractivity contribution < 1.29 is 27.8 Å². The number of thiazole rings is 1. The van der Waals surface area contributed by atoms with Gasteiger partial charge in [-0.3, -0.25) is 14.7 Å². The summed E-state index contributed by atoms with van der Waals surface area (Å²) in [7, 11) is 0. The van der Waals surface area contributed by atoms with Crippen molar-refractivity contribution in [3.63, 3.8) is 0 Å². The Kier molecular flexibility index (Phi) is 8.14. The van der Waals surface area contributed by atoms with Crippen LogP contribution in [0, 0.1) is 17.0 Å². The molecule has 1 saturated carbocycles. The molecule has 11 nitrogen and oxygen atoms in total. The van der Waals surface area contributed by atoms with Gasteiger partial charge in [-0.1, -0.05) is 17.9 Å². The third-order valence-corrected chi connectivity index (χ3v) is 10.9. The molecular formula is C34H37F2N7O4S. The summed E-state index contributed by atoms with van der Waals surface area (Å²) in [4.78, 5) is 30.6. The quantitative estimate of drug-likeness (QED) is 0.276. The standard InChI is InChI=1S/C34H37F2N7O4S/c1-2-25(44)39-19-16-43(11-14-46-17-19)30-21-4-6-24(34(7-8-34)18-42-9-12-45-13-10-42)47-32(21)40-28-22(30)15-38-27(26(28)36)20-3-5-23(35)31-29(20)41-33(37)48-31/h2-3,5,15,19,24H,1,4,6-14,16-18H2,(H2,37,41)(H,39,44)/t19-,24+/m0/s1. The SMILES string of the molecule is C=CC(=O)N[C@@H]1COCCN(c2c3c(nc4c(F)c(-c5ccc(F)c6sc(N)nc56)ncc24)O[C@@H](C2(CN4CCOCC4)CC2)CC3)C1. The first-order valence-electron chi connectivity index (χ1n) is 16.4. The van der Waals surface area contributed by atoms with Gasteiger partial charge in [0.2, 0.25) is 11.8 Å². The second-order valence-electron chi connectivity index (χ2n) is 13.1. The van der Waals surface area contributed by atoms with Crippen LogP contribution >= 0.6 is 11.3 Å². The number of nitrogens with zero attached hydrogens (tertiary/aromatic N) is 5. The van der Waals surface area contributed by atoms with Crippen molar-refractivity contribution in [3.8, 4) is 17.1 Å². The number of nitrogens with one attached hydrogen (secondary N) is 1. The van der Waals surface area contributed by atoms with Crippen LogP contribution in [0.2, 0.25) is 0 Å². The first-order valence-corrected chi connectivity index (χ1v) is 17.2. The van der Waals surface area contributed by atoms with Crippen molar-refractivity contribution in [1.29, 1.82) is 0 Å². The summed E-state index contributed by atoms with van der Waals surface area (Å²) < 4.78 is 50.0. The number of halogens is 2. The Labute approximate surface area is 280 Å². The van der Waals surface area contributed by atoms with Crippen molar-refractivity contribution in [3.05, 3.63) is 48.2 Å². The van der Waals surface area contributed by atoms with Gasteiger partial charge < -0.3 is 30.2 Å². The lowest BCUT2D eigenvalue weighted by atomic mass is 9.89. The molecule has 0 radical (unpaired) electrons. The molecule has 3 aromatic heterocycles. The summed E-state index contributed by atoms with van der Waals surface area (Å²) in [5.41, 5.74) is 8.30. The number of morpholine rings is 1. The first kappa shape index (κ1) is 31.3. The molecule has 8 rings (SSSR count). The molecule has 0 bridgehead atoms. The number of benzene rings is 1. The van der Waals surface area contributed by atoms with Crippen LogP contribution in [-0.2, 0) is 20.7 Å². The smallest absolute Gasteiger partial charge is 0.243 e. The Balaban J connectivity index is 1.23. The van der Waals surface area contributed by atoms with Gasteiger partial charge in [0.15, 0.2) is 10.9 Å². The molecule has 0 unspecified atom stereocenters. The van der Waals surface area contributed by atoms with Gasteiger partial charge in [-0.05, 0) is 43.9 Å². The maximum absolute atomic E-state index is 16.9. The van der Waals surface area contributed by atoms with E-state index in [1.165, 1.54) is 18.2 Å². The summed E-state index contributed by atoms with van der Waals surface area (Å²) in [6, 6.07) is 2.43. The van der Waals surface area contributed by atoms with Crippen molar-refractivity contribution in [2.24, 2.45) is 5.41 Å². The van der Waals surface area contributed by atoms with Gasteiger partial charge in [0, 0.05) is 60.8 Å². The van der Waals surface area contributed by atoms with E-state index in [9.17, 15) is 9.18 Å². The number of pyridine rings is 2. The molecule has 48 heavy (non-hydrogen) atoms. The lowest BCUT2D eigenvalue weighted by molar-refractivity contribution is -0.117. The lowest BCUT2D eigenvalue weighted by Gasteiger charge is -2.38. The highest BCUT2D eigenvalue weighted by atomic mass is 32.1. The molecule has 1 aromatic carbocycles. The van der Waals surface area contributed by atoms with E-state index < -0.39 is 11.6 Å². The second kappa shape index (κ2) is 12.5. The van der Waals surface area contributed by atoms with Gasteiger partial charge in [-0.25, -0.2) is 18.7 Å². The minimum absolute atomic E-state index is 0.00450. The zero-order valence-corrected chi connectivity index (χ0v) is 27.3. The van der Waals surface area contributed by atoms with E-state index in [4.69, 9.17) is 24.9 Å². The molecular weight excluding hydrogens is 640 g/mol. The predicted octanol–water partition coefficient (Wildman–Crippen LogP) is 4.08. The molecule has 2 saturated heterocycles. The van der Waals surface area contributed by atoms with E-state index in [0.29, 0.717) is 49.6 Å². The van der Waals surface area contributed by atoms with E-state index in [1.54, 1.807) is 6.20 Å². The monoisotopic (exact) mass is 677 g/mol. The van der Waals surface area contributed by atoms with Crippen molar-refractivity contribution in [2.45, 2.75) is 37.8 Å². The van der Waals surface area contributed by atoms with Crippen LogP contribution in [0.15, 0.2) is 31.0 Å². The maximum atomic E-state index is 16.9. The highest BCUT2D eigenvalue weighted by Crippen LogP contribution is 2.54. The highest BCUT2D eigenvalue weighted by molar-refractivity contribution is 7.22. The van der Waals surface area contributed by atoms with E-state index in [0.717, 1.165) is 74.7 Å². The van der Waals surface area contributed by atoms with E-state index in [2.05, 4.69) is 31.7 Å². The molecule has 4 aliphatic rings. The van der Waals surface area contributed by atoms with Gasteiger partial charge in [-0.2, -0.15) is 0 Å². The van der Waals surface area contributed by atoms with Crippen LogP contribution in [0.4, 0.5) is 19.6 Å². The minimum Gasteiger partial charge on any atom is -0.473 e. The van der Waals surface area contributed by atoms with Gasteiger partial charge in [-0.15, -0.1) is 0 Å². The number of aromatic nitrogens is 3. The average molecular weight is 678 g/mol. The van der Waals surface area contributed by atoms with Gasteiger partial charge in [0.1, 0.15) is 23.1 Å². The van der Waals surface area contributed by atoms with Crippen molar-refractivity contribution in [2.75, 3.05) is 69.8 Å². The molecule has 6 heterocycles. The summed E-state index contributed by atoms with van der Waals surface area (Å²) in [5, 5.41) is 3.66. The fraction of sp³-hybridized carbons (Fsp3) is 0.471. The maximum Gasteiger partial charge on any atom is 0.243 e. The third-order valence-electron chi connectivity index (χ3n) is 10.0. The Bertz CT molecular complexity index is 1910. The zero-order valence-electron chi connectivity index (χ0n) is 26.5. The number of carbonyl (C=O) groups is 1. The van der Waals surface area contributed by atoms with Gasteiger partial charge in [0.05, 0.1) is 48.4 Å².